The van der Waals surface area contributed by atoms with Crippen molar-refractivity contribution in [3.05, 3.63) is 37.4 Å². The predicted octanol–water partition coefficient (Wildman–Crippen LogP) is 1.17. The zero-order valence-electron chi connectivity index (χ0n) is 12.3. The van der Waals surface area contributed by atoms with Crippen LogP contribution in [0, 0.1) is 0 Å². The molecule has 0 spiro atoms. The van der Waals surface area contributed by atoms with E-state index in [0.29, 0.717) is 6.54 Å². The number of aromatic nitrogens is 3. The minimum absolute atomic E-state index is 0.160. The molecule has 2 heterocycles. The van der Waals surface area contributed by atoms with E-state index in [2.05, 4.69) is 10.3 Å². The van der Waals surface area contributed by atoms with Crippen LogP contribution in [0.25, 0.3) is 0 Å². The van der Waals surface area contributed by atoms with Gasteiger partial charge in [-0.1, -0.05) is 6.92 Å². The van der Waals surface area contributed by atoms with Crippen LogP contribution in [0.5, 0.6) is 0 Å². The Hall–Kier alpha value is -2.09. The number of thiazole rings is 1. The molecule has 8 heteroatoms. The maximum Gasteiger partial charge on any atom is 0.332 e. The van der Waals surface area contributed by atoms with Crippen molar-refractivity contribution < 1.29 is 0 Å². The van der Waals surface area contributed by atoms with Gasteiger partial charge in [0.15, 0.2) is 0 Å². The number of hydrogen-bond donors (Lipinski definition) is 2. The summed E-state index contributed by atoms with van der Waals surface area (Å²) < 4.78 is 2.49. The van der Waals surface area contributed by atoms with Gasteiger partial charge in [0.05, 0.1) is 6.04 Å². The first-order chi connectivity index (χ1) is 9.97. The Kier molecular flexibility index (Phi) is 4.46. The third-order valence-corrected chi connectivity index (χ3v) is 4.17. The second-order valence-electron chi connectivity index (χ2n) is 4.79. The SMILES string of the molecule is CCCn1c(N)c(NC(C)c2nccs2)c(=O)n(C)c1=O. The summed E-state index contributed by atoms with van der Waals surface area (Å²) >= 11 is 1.49. The van der Waals surface area contributed by atoms with E-state index in [4.69, 9.17) is 5.73 Å². The third kappa shape index (κ3) is 2.85. The molecule has 0 aromatic carbocycles. The van der Waals surface area contributed by atoms with Crippen LogP contribution in [0.1, 0.15) is 31.3 Å². The van der Waals surface area contributed by atoms with Crippen LogP contribution in [-0.2, 0) is 13.6 Å². The first-order valence-electron chi connectivity index (χ1n) is 6.72. The average molecular weight is 309 g/mol. The maximum atomic E-state index is 12.3. The van der Waals surface area contributed by atoms with E-state index >= 15 is 0 Å². The molecular weight excluding hydrogens is 290 g/mol. The van der Waals surface area contributed by atoms with Gasteiger partial charge in [0.2, 0.25) is 0 Å². The van der Waals surface area contributed by atoms with Gasteiger partial charge < -0.3 is 11.1 Å². The molecule has 0 saturated heterocycles. The minimum atomic E-state index is -0.423. The van der Waals surface area contributed by atoms with Gasteiger partial charge in [-0.05, 0) is 13.3 Å². The molecule has 0 radical (unpaired) electrons. The van der Waals surface area contributed by atoms with Gasteiger partial charge in [-0.25, -0.2) is 9.78 Å². The molecule has 2 aromatic rings. The smallest absolute Gasteiger partial charge is 0.332 e. The molecule has 0 aliphatic rings. The van der Waals surface area contributed by atoms with Crippen molar-refractivity contribution in [2.45, 2.75) is 32.9 Å². The summed E-state index contributed by atoms with van der Waals surface area (Å²) in [5.41, 5.74) is 5.44. The van der Waals surface area contributed by atoms with E-state index < -0.39 is 11.2 Å². The van der Waals surface area contributed by atoms with Crippen LogP contribution in [0.2, 0.25) is 0 Å². The molecule has 1 atom stereocenters. The molecular formula is C13H19N5O2S. The number of hydrogen-bond acceptors (Lipinski definition) is 6. The van der Waals surface area contributed by atoms with Crippen molar-refractivity contribution in [3.63, 3.8) is 0 Å². The van der Waals surface area contributed by atoms with Crippen LogP contribution in [0.4, 0.5) is 11.5 Å². The second kappa shape index (κ2) is 6.13. The van der Waals surface area contributed by atoms with Gasteiger partial charge in [0, 0.05) is 25.2 Å². The molecule has 21 heavy (non-hydrogen) atoms. The number of nitrogens with two attached hydrogens (primary N) is 1. The second-order valence-corrected chi connectivity index (χ2v) is 5.72. The lowest BCUT2D eigenvalue weighted by Crippen LogP contribution is -2.41. The third-order valence-electron chi connectivity index (χ3n) is 3.21. The molecule has 0 fully saturated rings. The number of nitrogen functional groups attached to an aromatic ring is 1. The van der Waals surface area contributed by atoms with Gasteiger partial charge in [0.25, 0.3) is 5.56 Å². The van der Waals surface area contributed by atoms with Crippen LogP contribution in [0.3, 0.4) is 0 Å². The number of nitrogens with one attached hydrogen (secondary N) is 1. The zero-order valence-corrected chi connectivity index (χ0v) is 13.1. The zero-order chi connectivity index (χ0) is 15.6. The molecule has 7 nitrogen and oxygen atoms in total. The summed E-state index contributed by atoms with van der Waals surface area (Å²) in [7, 11) is 1.45. The first-order valence-corrected chi connectivity index (χ1v) is 7.60. The molecule has 0 bridgehead atoms. The molecule has 0 saturated carbocycles. The highest BCUT2D eigenvalue weighted by Gasteiger charge is 2.18. The Balaban J connectivity index is 2.48. The lowest BCUT2D eigenvalue weighted by atomic mass is 10.3. The van der Waals surface area contributed by atoms with Crippen molar-refractivity contribution in [1.29, 1.82) is 0 Å². The number of nitrogens with zero attached hydrogens (tertiary/aromatic N) is 3. The Morgan fingerprint density at radius 1 is 1.48 bits per heavy atom. The highest BCUT2D eigenvalue weighted by molar-refractivity contribution is 7.09. The van der Waals surface area contributed by atoms with Crippen molar-refractivity contribution in [2.75, 3.05) is 11.1 Å². The van der Waals surface area contributed by atoms with E-state index in [-0.39, 0.29) is 17.5 Å². The maximum absolute atomic E-state index is 12.3. The summed E-state index contributed by atoms with van der Waals surface area (Å²) in [4.78, 5) is 28.5. The van der Waals surface area contributed by atoms with Crippen LogP contribution in [-0.4, -0.2) is 14.1 Å². The van der Waals surface area contributed by atoms with Crippen molar-refractivity contribution in [1.82, 2.24) is 14.1 Å². The van der Waals surface area contributed by atoms with Crippen molar-refractivity contribution >= 4 is 22.8 Å². The molecule has 0 aliphatic heterocycles. The molecule has 2 aromatic heterocycles. The predicted molar refractivity (Wildman–Crippen MR) is 84.8 cm³/mol. The Labute approximate surface area is 126 Å². The first kappa shape index (κ1) is 15.3. The van der Waals surface area contributed by atoms with E-state index in [1.165, 1.54) is 23.0 Å². The lowest BCUT2D eigenvalue weighted by Gasteiger charge is -2.18. The standard InChI is InChI=1S/C13H19N5O2S/c1-4-6-18-10(14)9(12(19)17(3)13(18)20)16-8(2)11-15-5-7-21-11/h5,7-8,16H,4,6,14H2,1-3H3. The summed E-state index contributed by atoms with van der Waals surface area (Å²) in [5, 5.41) is 5.80. The number of rotatable bonds is 5. The highest BCUT2D eigenvalue weighted by atomic mass is 32.1. The van der Waals surface area contributed by atoms with E-state index in [1.807, 2.05) is 19.2 Å². The van der Waals surface area contributed by atoms with Gasteiger partial charge in [-0.2, -0.15) is 0 Å². The van der Waals surface area contributed by atoms with E-state index in [1.54, 1.807) is 6.20 Å². The molecule has 3 N–H and O–H groups in total. The summed E-state index contributed by atoms with van der Waals surface area (Å²) in [5.74, 6) is 0.174. The summed E-state index contributed by atoms with van der Waals surface area (Å²) in [6.45, 7) is 4.31. The molecule has 0 aliphatic carbocycles. The highest BCUT2D eigenvalue weighted by Crippen LogP contribution is 2.21. The average Bonchev–Trinajstić information content (AvgIpc) is 3.00. The summed E-state index contributed by atoms with van der Waals surface area (Å²) in [6, 6.07) is -0.160. The Morgan fingerprint density at radius 2 is 2.19 bits per heavy atom. The van der Waals surface area contributed by atoms with Gasteiger partial charge in [-0.3, -0.25) is 13.9 Å². The van der Waals surface area contributed by atoms with Crippen molar-refractivity contribution in [3.8, 4) is 0 Å². The van der Waals surface area contributed by atoms with Crippen molar-refractivity contribution in [2.24, 2.45) is 7.05 Å². The largest absolute Gasteiger partial charge is 0.383 e. The number of anilines is 2. The van der Waals surface area contributed by atoms with Gasteiger partial charge in [-0.15, -0.1) is 11.3 Å². The van der Waals surface area contributed by atoms with Gasteiger partial charge in [0.1, 0.15) is 16.5 Å². The molecule has 1 unspecified atom stereocenters. The minimum Gasteiger partial charge on any atom is -0.383 e. The fourth-order valence-electron chi connectivity index (χ4n) is 2.09. The lowest BCUT2D eigenvalue weighted by molar-refractivity contribution is 0.599. The molecule has 2 rings (SSSR count). The van der Waals surface area contributed by atoms with Crippen LogP contribution in [0.15, 0.2) is 21.2 Å². The summed E-state index contributed by atoms with van der Waals surface area (Å²) in [6.07, 6.45) is 2.46. The normalized spacial score (nSPS) is 12.3. The Morgan fingerprint density at radius 3 is 2.76 bits per heavy atom. The fourth-order valence-corrected chi connectivity index (χ4v) is 2.73. The fraction of sp³-hybridized carbons (Fsp3) is 0.462. The molecule has 0 amide bonds. The quantitative estimate of drug-likeness (QED) is 0.864. The molecule has 114 valence electrons. The van der Waals surface area contributed by atoms with E-state index in [0.717, 1.165) is 16.0 Å². The Bertz CT molecular complexity index is 732. The van der Waals surface area contributed by atoms with Crippen LogP contribution < -0.4 is 22.3 Å². The monoisotopic (exact) mass is 309 g/mol. The van der Waals surface area contributed by atoms with E-state index in [9.17, 15) is 9.59 Å². The van der Waals surface area contributed by atoms with Crippen LogP contribution >= 0.6 is 11.3 Å². The topological polar surface area (TPSA) is 94.9 Å². The van der Waals surface area contributed by atoms with Gasteiger partial charge >= 0.3 is 5.69 Å².